The van der Waals surface area contributed by atoms with Crippen LogP contribution in [0.4, 0.5) is 0 Å². The van der Waals surface area contributed by atoms with Crippen molar-refractivity contribution in [2.75, 3.05) is 0 Å². The van der Waals surface area contributed by atoms with Gasteiger partial charge in [-0.15, -0.1) is 0 Å². The van der Waals surface area contributed by atoms with Crippen LogP contribution in [0.3, 0.4) is 0 Å². The normalized spacial score (nSPS) is 12.4. The van der Waals surface area contributed by atoms with Gasteiger partial charge in [0, 0.05) is 29.9 Å². The van der Waals surface area contributed by atoms with Gasteiger partial charge in [0.15, 0.2) is 0 Å². The number of H-pyrrole nitrogens is 1. The zero-order valence-electron chi connectivity index (χ0n) is 21.0. The molecule has 0 saturated carbocycles. The van der Waals surface area contributed by atoms with Crippen LogP contribution in [0.2, 0.25) is 0 Å². The zero-order chi connectivity index (χ0) is 26.7. The maximum absolute atomic E-state index is 13.1. The molecule has 0 spiro atoms. The topological polar surface area (TPSA) is 124 Å². The molecular weight excluding hydrogens is 482 g/mol. The highest BCUT2D eigenvalue weighted by molar-refractivity contribution is 5.89. The third-order valence-electron chi connectivity index (χ3n) is 6.16. The van der Waals surface area contributed by atoms with Gasteiger partial charge in [-0.2, -0.15) is 0 Å². The minimum absolute atomic E-state index is 0.0208. The molecule has 196 valence electrons. The first-order valence-electron chi connectivity index (χ1n) is 12.5. The second-order valence-electron chi connectivity index (χ2n) is 9.01. The average Bonchev–Trinajstić information content (AvgIpc) is 3.36. The summed E-state index contributed by atoms with van der Waals surface area (Å²) in [7, 11) is 0. The Hall–Kier alpha value is -4.43. The Morgan fingerprint density at radius 3 is 2.11 bits per heavy atom. The fraction of sp³-hybridized carbons (Fsp3) is 0.233. The van der Waals surface area contributed by atoms with Crippen LogP contribution in [0.1, 0.15) is 29.5 Å². The maximum atomic E-state index is 13.1. The lowest BCUT2D eigenvalue weighted by Crippen LogP contribution is -2.50. The molecule has 0 saturated heterocycles. The largest absolute Gasteiger partial charge is 0.461 e. The first-order valence-corrected chi connectivity index (χ1v) is 12.5. The van der Waals surface area contributed by atoms with Crippen molar-refractivity contribution in [3.63, 3.8) is 0 Å². The van der Waals surface area contributed by atoms with Crippen LogP contribution >= 0.6 is 0 Å². The molecule has 0 bridgehead atoms. The Bertz CT molecular complexity index is 1350. The molecule has 0 fully saturated rings. The molecule has 0 aliphatic heterocycles. The highest BCUT2D eigenvalue weighted by atomic mass is 16.5. The molecule has 1 amide bonds. The number of amides is 1. The number of carbonyl (C=O) groups excluding carboxylic acids is 3. The lowest BCUT2D eigenvalue weighted by molar-refractivity contribution is -0.149. The Morgan fingerprint density at radius 1 is 0.816 bits per heavy atom. The number of nitrogens with one attached hydrogen (secondary N) is 2. The lowest BCUT2D eigenvalue weighted by atomic mass is 10.0. The van der Waals surface area contributed by atoms with Gasteiger partial charge in [-0.05, 0) is 29.2 Å². The molecule has 4 aromatic rings. The van der Waals surface area contributed by atoms with Crippen molar-refractivity contribution in [2.24, 2.45) is 5.73 Å². The van der Waals surface area contributed by atoms with Gasteiger partial charge in [-0.1, -0.05) is 78.9 Å². The Kier molecular flexibility index (Phi) is 9.26. The number of aromatic nitrogens is 1. The van der Waals surface area contributed by atoms with E-state index in [1.165, 1.54) is 0 Å². The molecule has 8 heteroatoms. The summed E-state index contributed by atoms with van der Waals surface area (Å²) < 4.78 is 10.8. The maximum Gasteiger partial charge on any atom is 0.329 e. The molecule has 8 nitrogen and oxygen atoms in total. The fourth-order valence-electron chi connectivity index (χ4n) is 4.04. The summed E-state index contributed by atoms with van der Waals surface area (Å²) in [4.78, 5) is 41.3. The SMILES string of the molecule is N[C@@H](CCC(=O)OCc1ccccc1)C(=O)N[C@@H](Cc1c[nH]c2ccccc12)C(=O)OCc1ccccc1. The lowest BCUT2D eigenvalue weighted by Gasteiger charge is -2.20. The van der Waals surface area contributed by atoms with Crippen LogP contribution in [0, 0.1) is 0 Å². The van der Waals surface area contributed by atoms with E-state index in [4.69, 9.17) is 15.2 Å². The molecule has 3 aromatic carbocycles. The van der Waals surface area contributed by atoms with Gasteiger partial charge in [-0.3, -0.25) is 9.59 Å². The van der Waals surface area contributed by atoms with E-state index in [1.54, 1.807) is 0 Å². The van der Waals surface area contributed by atoms with Crippen LogP contribution < -0.4 is 11.1 Å². The number of nitrogens with two attached hydrogens (primary N) is 1. The van der Waals surface area contributed by atoms with Gasteiger partial charge in [0.25, 0.3) is 0 Å². The van der Waals surface area contributed by atoms with Crippen molar-refractivity contribution in [2.45, 2.75) is 44.6 Å². The van der Waals surface area contributed by atoms with E-state index >= 15 is 0 Å². The summed E-state index contributed by atoms with van der Waals surface area (Å²) in [5.41, 5.74) is 9.57. The monoisotopic (exact) mass is 513 g/mol. The summed E-state index contributed by atoms with van der Waals surface area (Å²) in [6.07, 6.45) is 2.09. The molecule has 0 aliphatic carbocycles. The van der Waals surface area contributed by atoms with E-state index in [2.05, 4.69) is 10.3 Å². The van der Waals surface area contributed by atoms with Gasteiger partial charge in [-0.25, -0.2) is 4.79 Å². The molecule has 0 radical (unpaired) electrons. The molecule has 0 aliphatic rings. The second kappa shape index (κ2) is 13.2. The Balaban J connectivity index is 1.35. The predicted octanol–water partition coefficient (Wildman–Crippen LogP) is 3.79. The van der Waals surface area contributed by atoms with Gasteiger partial charge < -0.3 is 25.5 Å². The van der Waals surface area contributed by atoms with Crippen LogP contribution in [-0.4, -0.2) is 34.9 Å². The van der Waals surface area contributed by atoms with Crippen molar-refractivity contribution >= 4 is 28.7 Å². The molecule has 1 aromatic heterocycles. The van der Waals surface area contributed by atoms with Crippen LogP contribution in [0.15, 0.2) is 91.1 Å². The average molecular weight is 514 g/mol. The van der Waals surface area contributed by atoms with E-state index in [0.717, 1.165) is 27.6 Å². The van der Waals surface area contributed by atoms with Gasteiger partial charge in [0.2, 0.25) is 5.91 Å². The first kappa shape index (κ1) is 26.6. The molecular formula is C30H31N3O5. The molecule has 4 N–H and O–H groups in total. The zero-order valence-corrected chi connectivity index (χ0v) is 21.0. The van der Waals surface area contributed by atoms with E-state index in [0.29, 0.717) is 0 Å². The second-order valence-corrected chi connectivity index (χ2v) is 9.01. The molecule has 38 heavy (non-hydrogen) atoms. The quantitative estimate of drug-likeness (QED) is 0.248. The van der Waals surface area contributed by atoms with E-state index in [1.807, 2.05) is 91.1 Å². The van der Waals surface area contributed by atoms with Gasteiger partial charge in [0.05, 0.1) is 6.04 Å². The molecule has 1 heterocycles. The third-order valence-corrected chi connectivity index (χ3v) is 6.16. The van der Waals surface area contributed by atoms with Crippen LogP contribution in [0.25, 0.3) is 10.9 Å². The van der Waals surface area contributed by atoms with Crippen LogP contribution in [-0.2, 0) is 43.5 Å². The number of benzene rings is 3. The van der Waals surface area contributed by atoms with E-state index < -0.39 is 29.9 Å². The van der Waals surface area contributed by atoms with E-state index in [-0.39, 0.29) is 32.5 Å². The third kappa shape index (κ3) is 7.54. The number of hydrogen-bond donors (Lipinski definition) is 3. The number of hydrogen-bond acceptors (Lipinski definition) is 6. The van der Waals surface area contributed by atoms with Crippen molar-refractivity contribution in [1.29, 1.82) is 0 Å². The number of esters is 2. The number of ether oxygens (including phenoxy) is 2. The highest BCUT2D eigenvalue weighted by Crippen LogP contribution is 2.20. The molecule has 4 rings (SSSR count). The van der Waals surface area contributed by atoms with Crippen molar-refractivity contribution in [3.8, 4) is 0 Å². The summed E-state index contributed by atoms with van der Waals surface area (Å²) >= 11 is 0. The molecule has 2 atom stereocenters. The van der Waals surface area contributed by atoms with Crippen molar-refractivity contribution < 1.29 is 23.9 Å². The first-order chi connectivity index (χ1) is 18.5. The minimum Gasteiger partial charge on any atom is -0.461 e. The van der Waals surface area contributed by atoms with E-state index in [9.17, 15) is 14.4 Å². The standard InChI is InChI=1S/C30H31N3O5/c31-25(15-16-28(34)37-19-21-9-3-1-4-10-21)29(35)33-27(30(36)38-20-22-11-5-2-6-12-22)17-23-18-32-26-14-8-7-13-24(23)26/h1-14,18,25,27,32H,15-17,19-20,31H2,(H,33,35)/t25-,27-/m0/s1. The highest BCUT2D eigenvalue weighted by Gasteiger charge is 2.27. The van der Waals surface area contributed by atoms with Gasteiger partial charge >= 0.3 is 11.9 Å². The van der Waals surface area contributed by atoms with Gasteiger partial charge in [0.1, 0.15) is 19.3 Å². The van der Waals surface area contributed by atoms with Crippen LogP contribution in [0.5, 0.6) is 0 Å². The Labute approximate surface area is 221 Å². The number of fused-ring (bicyclic) bond motifs is 1. The Morgan fingerprint density at radius 2 is 1.42 bits per heavy atom. The summed E-state index contributed by atoms with van der Waals surface area (Å²) in [5.74, 6) is -1.56. The smallest absolute Gasteiger partial charge is 0.329 e. The number of carbonyl (C=O) groups is 3. The minimum atomic E-state index is -0.994. The summed E-state index contributed by atoms with van der Waals surface area (Å²) in [6, 6.07) is 24.4. The summed E-state index contributed by atoms with van der Waals surface area (Å²) in [6.45, 7) is 0.236. The van der Waals surface area contributed by atoms with Crippen molar-refractivity contribution in [3.05, 3.63) is 108 Å². The number of para-hydroxylation sites is 1. The molecule has 0 unspecified atom stereocenters. The predicted molar refractivity (Wildman–Crippen MR) is 144 cm³/mol. The number of rotatable bonds is 12. The fourth-order valence-corrected chi connectivity index (χ4v) is 4.04. The number of aromatic amines is 1. The van der Waals surface area contributed by atoms with Crippen molar-refractivity contribution in [1.82, 2.24) is 10.3 Å². The summed E-state index contributed by atoms with van der Waals surface area (Å²) in [5, 5.41) is 3.68.